The minimum Gasteiger partial charge on any atom is -0.323 e. The van der Waals surface area contributed by atoms with Crippen molar-refractivity contribution in [2.75, 3.05) is 0 Å². The molecule has 1 aromatic rings. The second-order valence-electron chi connectivity index (χ2n) is 2.32. The Morgan fingerprint density at radius 1 is 1.27 bits per heavy atom. The fourth-order valence-corrected chi connectivity index (χ4v) is 35.3. The first-order chi connectivity index (χ1) is 4.66. The first kappa shape index (κ1) is 16.7. The van der Waals surface area contributed by atoms with Gasteiger partial charge in [0.2, 0.25) is 0 Å². The van der Waals surface area contributed by atoms with Gasteiger partial charge >= 0.3 is 0 Å². The minimum atomic E-state index is 0. The van der Waals surface area contributed by atoms with Crippen LogP contribution in [0.15, 0.2) is 0 Å². The van der Waals surface area contributed by atoms with Crippen LogP contribution in [0.1, 0.15) is 20.8 Å². The molecule has 1 rings (SSSR count). The molecule has 0 nitrogen and oxygen atoms in total. The first-order valence-corrected chi connectivity index (χ1v) is 14.6. The van der Waals surface area contributed by atoms with Crippen molar-refractivity contribution >= 4 is 46.5 Å². The third kappa shape index (κ3) is 19.6. The molecule has 1 heterocycles. The topological polar surface area (TPSA) is 0 Å². The van der Waals surface area contributed by atoms with E-state index in [1.165, 1.54) is 36.9 Å². The minimum absolute atomic E-state index is 0. The number of hydrogen-bond donors (Lipinski definition) is 0. The molecule has 5 unspecified atom stereocenters. The SMILES string of the molecule is C[C-](C)C.PPPp1[pH][pH]1.[Y]. The van der Waals surface area contributed by atoms with Gasteiger partial charge in [-0.15, -0.1) is 8.93 Å². The van der Waals surface area contributed by atoms with Gasteiger partial charge in [-0.25, -0.2) is 0 Å². The van der Waals surface area contributed by atoms with E-state index in [1.807, 2.05) is 0 Å². The zero-order valence-electron chi connectivity index (χ0n) is 7.10. The maximum atomic E-state index is 2.83. The summed E-state index contributed by atoms with van der Waals surface area (Å²) in [7, 11) is 8.24. The second kappa shape index (κ2) is 11.4. The molecule has 0 saturated carbocycles. The van der Waals surface area contributed by atoms with Crippen molar-refractivity contribution in [2.24, 2.45) is 0 Å². The van der Waals surface area contributed by atoms with Gasteiger partial charge in [0, 0.05) is 32.7 Å². The molecule has 0 aliphatic heterocycles. The van der Waals surface area contributed by atoms with Crippen LogP contribution in [0.2, 0.25) is 0 Å². The maximum absolute atomic E-state index is 2.83. The summed E-state index contributed by atoms with van der Waals surface area (Å²) in [6, 6.07) is 0. The molecular weight excluding hydrogens is 323 g/mol. The smallest absolute Gasteiger partial charge is 0 e. The fraction of sp³-hybridized carbons (Fsp3) is 0.750. The molecule has 0 bridgehead atoms. The van der Waals surface area contributed by atoms with Crippen molar-refractivity contribution < 1.29 is 32.7 Å². The van der Waals surface area contributed by atoms with Crippen molar-refractivity contribution in [3.8, 4) is 0 Å². The molecule has 0 aliphatic carbocycles. The Morgan fingerprint density at radius 3 is 1.73 bits per heavy atom. The predicted octanol–water partition coefficient (Wildman–Crippen LogP) is 5.18. The zero-order valence-corrected chi connectivity index (χ0v) is 16.0. The van der Waals surface area contributed by atoms with E-state index in [2.05, 4.69) is 29.7 Å². The van der Waals surface area contributed by atoms with Gasteiger partial charge in [0.15, 0.2) is 0 Å². The molecule has 11 heavy (non-hydrogen) atoms. The Morgan fingerprint density at radius 2 is 1.64 bits per heavy atom. The van der Waals surface area contributed by atoms with Crippen molar-refractivity contribution in [2.45, 2.75) is 20.8 Å². The fourth-order valence-electron chi connectivity index (χ4n) is 0.145. The summed E-state index contributed by atoms with van der Waals surface area (Å²) in [6.07, 6.45) is 0. The third-order valence-corrected chi connectivity index (χ3v) is 26.4. The Hall–Kier alpha value is 3.29. The van der Waals surface area contributed by atoms with Crippen LogP contribution in [0, 0.1) is 5.92 Å². The van der Waals surface area contributed by atoms with Gasteiger partial charge in [-0.1, -0.05) is 29.6 Å². The zero-order chi connectivity index (χ0) is 7.98. The molecule has 0 amide bonds. The van der Waals surface area contributed by atoms with Gasteiger partial charge in [0.1, 0.15) is 0 Å². The Bertz CT molecular complexity index is 120. The van der Waals surface area contributed by atoms with Crippen molar-refractivity contribution in [1.29, 1.82) is 0 Å². The van der Waals surface area contributed by atoms with E-state index in [0.717, 1.165) is 6.58 Å². The molecular formula is C4H15P6Y-. The van der Waals surface area contributed by atoms with Crippen molar-refractivity contribution in [3.63, 3.8) is 0 Å². The summed E-state index contributed by atoms with van der Waals surface area (Å²) in [5, 5.41) is 0. The van der Waals surface area contributed by atoms with E-state index in [9.17, 15) is 0 Å². The molecule has 0 fully saturated rings. The standard InChI is InChI=1S/C4H9.H6P6.Y/c1-4(2)3;1-2-3-6-4-5-6;/h1-3H3;2-5H,1H2;/q-1;;. The molecule has 7 heteroatoms. The van der Waals surface area contributed by atoms with Gasteiger partial charge in [0.25, 0.3) is 0 Å². The Labute approximate surface area is 105 Å². The predicted molar refractivity (Wildman–Crippen MR) is 70.2 cm³/mol. The van der Waals surface area contributed by atoms with Gasteiger partial charge in [-0.2, -0.15) is 20.8 Å². The molecule has 0 aliphatic rings. The van der Waals surface area contributed by atoms with Crippen molar-refractivity contribution in [3.05, 3.63) is 5.92 Å². The largest absolute Gasteiger partial charge is 0.323 e. The number of rotatable bonds is 2. The maximum Gasteiger partial charge on any atom is 0 e. The van der Waals surface area contributed by atoms with Crippen LogP contribution >= 0.6 is 46.5 Å². The summed E-state index contributed by atoms with van der Waals surface area (Å²) in [4.78, 5) is 0. The van der Waals surface area contributed by atoms with E-state index in [4.69, 9.17) is 0 Å². The molecule has 1 radical (unpaired) electrons. The molecule has 0 spiro atoms. The second-order valence-corrected chi connectivity index (χ2v) is 23.5. The Kier molecular flexibility index (Phi) is 17.3. The molecule has 0 saturated heterocycles. The molecule has 0 aromatic carbocycles. The average Bonchev–Trinajstić information content (AvgIpc) is 2.48. The van der Waals surface area contributed by atoms with Crippen LogP contribution in [0.4, 0.5) is 0 Å². The van der Waals surface area contributed by atoms with Gasteiger partial charge in [-0.3, -0.25) is 0 Å². The normalized spacial score (nSPS) is 14.1. The third-order valence-electron chi connectivity index (χ3n) is 0.400. The molecule has 0 N–H and O–H groups in total. The monoisotopic (exact) mass is 338 g/mol. The summed E-state index contributed by atoms with van der Waals surface area (Å²) in [6.45, 7) is 6.97. The van der Waals surface area contributed by atoms with Crippen LogP contribution in [0.3, 0.4) is 0 Å². The van der Waals surface area contributed by atoms with E-state index in [-0.39, 0.29) is 32.7 Å². The quantitative estimate of drug-likeness (QED) is 0.515. The van der Waals surface area contributed by atoms with Crippen LogP contribution in [0.5, 0.6) is 0 Å². The summed E-state index contributed by atoms with van der Waals surface area (Å²) < 4.78 is 0. The van der Waals surface area contributed by atoms with E-state index in [1.54, 1.807) is 0 Å². The molecule has 5 atom stereocenters. The van der Waals surface area contributed by atoms with E-state index >= 15 is 0 Å². The molecule has 65 valence electrons. The van der Waals surface area contributed by atoms with E-state index in [0.29, 0.717) is 0 Å². The summed E-state index contributed by atoms with van der Waals surface area (Å²) in [5.41, 5.74) is 0. The van der Waals surface area contributed by atoms with Crippen LogP contribution in [0.25, 0.3) is 0 Å². The van der Waals surface area contributed by atoms with Crippen LogP contribution in [-0.4, -0.2) is 0 Å². The van der Waals surface area contributed by atoms with Gasteiger partial charge in [-0.05, 0) is 7.96 Å². The van der Waals surface area contributed by atoms with Crippen LogP contribution < -0.4 is 0 Å². The summed E-state index contributed by atoms with van der Waals surface area (Å²) in [5.74, 6) is 1.42. The van der Waals surface area contributed by atoms with Crippen molar-refractivity contribution in [1.82, 2.24) is 0 Å². The van der Waals surface area contributed by atoms with E-state index < -0.39 is 0 Å². The van der Waals surface area contributed by atoms with Crippen LogP contribution in [-0.2, 0) is 32.7 Å². The Balaban J connectivity index is 0. The number of hydrogen-bond acceptors (Lipinski definition) is 0. The van der Waals surface area contributed by atoms with Gasteiger partial charge in [0.05, 0.1) is 0 Å². The molecule has 1 aromatic heterocycles. The first-order valence-electron chi connectivity index (χ1n) is 2.96. The summed E-state index contributed by atoms with van der Waals surface area (Å²) >= 11 is 0. The average molecular weight is 338 g/mol. The van der Waals surface area contributed by atoms with Gasteiger partial charge < -0.3 is 5.92 Å².